The van der Waals surface area contributed by atoms with Gasteiger partial charge in [0.15, 0.2) is 0 Å². The number of rotatable bonds is 4. The molecule has 16 heavy (non-hydrogen) atoms. The van der Waals surface area contributed by atoms with Crippen molar-refractivity contribution in [3.05, 3.63) is 35.0 Å². The Labute approximate surface area is 97.1 Å². The Morgan fingerprint density at radius 1 is 1.19 bits per heavy atom. The average Bonchev–Trinajstić information content (AvgIpc) is 2.65. The Hall–Kier alpha value is -1.28. The largest absolute Gasteiger partial charge is 0.357 e. The minimum Gasteiger partial charge on any atom is -0.357 e. The summed E-state index contributed by atoms with van der Waals surface area (Å²) >= 11 is 0. The number of aromatic nitrogens is 1. The number of aromatic amines is 1. The van der Waals surface area contributed by atoms with Gasteiger partial charge in [0, 0.05) is 23.1 Å². The quantitative estimate of drug-likeness (QED) is 0.808. The second kappa shape index (κ2) is 4.71. The SMILES string of the molecule is CCc1ccc2[nH]c(CNC)c(CC)c2c1. The molecule has 86 valence electrons. The van der Waals surface area contributed by atoms with Gasteiger partial charge in [-0.05, 0) is 43.1 Å². The van der Waals surface area contributed by atoms with Crippen molar-refractivity contribution in [2.45, 2.75) is 33.2 Å². The minimum absolute atomic E-state index is 0.916. The molecule has 1 heterocycles. The van der Waals surface area contributed by atoms with Gasteiger partial charge in [0.05, 0.1) is 0 Å². The Morgan fingerprint density at radius 3 is 2.62 bits per heavy atom. The van der Waals surface area contributed by atoms with Gasteiger partial charge in [-0.3, -0.25) is 0 Å². The lowest BCUT2D eigenvalue weighted by molar-refractivity contribution is 0.788. The normalized spacial score (nSPS) is 11.2. The number of hydrogen-bond acceptors (Lipinski definition) is 1. The molecule has 1 aromatic carbocycles. The summed E-state index contributed by atoms with van der Waals surface area (Å²) in [6, 6.07) is 6.73. The van der Waals surface area contributed by atoms with E-state index in [1.807, 2.05) is 7.05 Å². The zero-order chi connectivity index (χ0) is 11.5. The molecule has 0 amide bonds. The van der Waals surface area contributed by atoms with E-state index in [1.54, 1.807) is 0 Å². The highest BCUT2D eigenvalue weighted by atomic mass is 14.9. The van der Waals surface area contributed by atoms with Gasteiger partial charge < -0.3 is 10.3 Å². The van der Waals surface area contributed by atoms with Crippen LogP contribution in [-0.4, -0.2) is 12.0 Å². The molecule has 2 aromatic rings. The molecule has 0 spiro atoms. The molecule has 0 aliphatic carbocycles. The van der Waals surface area contributed by atoms with Crippen LogP contribution in [-0.2, 0) is 19.4 Å². The third kappa shape index (κ3) is 1.85. The highest BCUT2D eigenvalue weighted by Gasteiger charge is 2.09. The molecule has 0 aliphatic rings. The molecule has 0 unspecified atom stereocenters. The lowest BCUT2D eigenvalue weighted by Crippen LogP contribution is -2.07. The molecule has 1 aromatic heterocycles. The molecule has 2 rings (SSSR count). The molecule has 0 radical (unpaired) electrons. The highest BCUT2D eigenvalue weighted by Crippen LogP contribution is 2.24. The van der Waals surface area contributed by atoms with Crippen molar-refractivity contribution < 1.29 is 0 Å². The zero-order valence-corrected chi connectivity index (χ0v) is 10.4. The Kier molecular flexibility index (Phi) is 3.30. The number of benzene rings is 1. The first-order valence-electron chi connectivity index (χ1n) is 6.07. The lowest BCUT2D eigenvalue weighted by atomic mass is 10.0. The van der Waals surface area contributed by atoms with Gasteiger partial charge in [0.1, 0.15) is 0 Å². The van der Waals surface area contributed by atoms with Crippen LogP contribution in [0.5, 0.6) is 0 Å². The number of fused-ring (bicyclic) bond motifs is 1. The fourth-order valence-corrected chi connectivity index (χ4v) is 2.30. The fraction of sp³-hybridized carbons (Fsp3) is 0.429. The number of hydrogen-bond donors (Lipinski definition) is 2. The van der Waals surface area contributed by atoms with Crippen LogP contribution in [0, 0.1) is 0 Å². The van der Waals surface area contributed by atoms with E-state index in [0.29, 0.717) is 0 Å². The maximum absolute atomic E-state index is 3.50. The smallest absolute Gasteiger partial charge is 0.0459 e. The summed E-state index contributed by atoms with van der Waals surface area (Å²) < 4.78 is 0. The van der Waals surface area contributed by atoms with E-state index < -0.39 is 0 Å². The highest BCUT2D eigenvalue weighted by molar-refractivity contribution is 5.85. The van der Waals surface area contributed by atoms with E-state index in [1.165, 1.54) is 27.7 Å². The predicted octanol–water partition coefficient (Wildman–Crippen LogP) is 3.01. The zero-order valence-electron chi connectivity index (χ0n) is 10.4. The van der Waals surface area contributed by atoms with Gasteiger partial charge in [0.25, 0.3) is 0 Å². The molecule has 0 saturated carbocycles. The van der Waals surface area contributed by atoms with E-state index in [-0.39, 0.29) is 0 Å². The number of H-pyrrole nitrogens is 1. The van der Waals surface area contributed by atoms with Crippen LogP contribution in [0.15, 0.2) is 18.2 Å². The monoisotopic (exact) mass is 216 g/mol. The van der Waals surface area contributed by atoms with Gasteiger partial charge in [-0.2, -0.15) is 0 Å². The Morgan fingerprint density at radius 2 is 2.00 bits per heavy atom. The molecule has 0 bridgehead atoms. The minimum atomic E-state index is 0.916. The second-order valence-corrected chi connectivity index (χ2v) is 4.20. The van der Waals surface area contributed by atoms with Gasteiger partial charge >= 0.3 is 0 Å². The van der Waals surface area contributed by atoms with E-state index in [2.05, 4.69) is 42.3 Å². The first-order chi connectivity index (χ1) is 7.80. The molecule has 2 N–H and O–H groups in total. The molecule has 0 atom stereocenters. The molecular weight excluding hydrogens is 196 g/mol. The Bertz CT molecular complexity index is 483. The van der Waals surface area contributed by atoms with Crippen LogP contribution in [0.4, 0.5) is 0 Å². The standard InChI is InChI=1S/C14H20N2/c1-4-10-6-7-13-12(8-10)11(5-2)14(16-13)9-15-3/h6-8,15-16H,4-5,9H2,1-3H3. The Balaban J connectivity index is 2.58. The molecule has 2 nitrogen and oxygen atoms in total. The summed E-state index contributed by atoms with van der Waals surface area (Å²) in [5.41, 5.74) is 5.46. The van der Waals surface area contributed by atoms with Crippen molar-refractivity contribution in [3.8, 4) is 0 Å². The number of nitrogens with one attached hydrogen (secondary N) is 2. The topological polar surface area (TPSA) is 27.8 Å². The molecule has 0 aliphatic heterocycles. The summed E-state index contributed by atoms with van der Waals surface area (Å²) in [6.45, 7) is 5.34. The molecular formula is C14H20N2. The van der Waals surface area contributed by atoms with E-state index in [4.69, 9.17) is 0 Å². The van der Waals surface area contributed by atoms with Crippen LogP contribution in [0.1, 0.15) is 30.7 Å². The average molecular weight is 216 g/mol. The maximum atomic E-state index is 3.50. The van der Waals surface area contributed by atoms with Crippen LogP contribution < -0.4 is 5.32 Å². The van der Waals surface area contributed by atoms with Crippen LogP contribution in [0.2, 0.25) is 0 Å². The van der Waals surface area contributed by atoms with Crippen LogP contribution in [0.25, 0.3) is 10.9 Å². The van der Waals surface area contributed by atoms with Crippen molar-refractivity contribution in [1.29, 1.82) is 0 Å². The molecule has 0 fully saturated rings. The van der Waals surface area contributed by atoms with Crippen molar-refractivity contribution >= 4 is 10.9 Å². The fourth-order valence-electron chi connectivity index (χ4n) is 2.30. The predicted molar refractivity (Wildman–Crippen MR) is 69.8 cm³/mol. The van der Waals surface area contributed by atoms with E-state index in [9.17, 15) is 0 Å². The summed E-state index contributed by atoms with van der Waals surface area (Å²) in [6.07, 6.45) is 2.19. The van der Waals surface area contributed by atoms with Crippen molar-refractivity contribution in [1.82, 2.24) is 10.3 Å². The number of aryl methyl sites for hydroxylation is 2. The van der Waals surface area contributed by atoms with Crippen LogP contribution >= 0.6 is 0 Å². The van der Waals surface area contributed by atoms with E-state index in [0.717, 1.165) is 19.4 Å². The summed E-state index contributed by atoms with van der Waals surface area (Å²) in [4.78, 5) is 3.50. The maximum Gasteiger partial charge on any atom is 0.0459 e. The first kappa shape index (κ1) is 11.2. The molecule has 0 saturated heterocycles. The summed E-state index contributed by atoms with van der Waals surface area (Å²) in [7, 11) is 1.99. The summed E-state index contributed by atoms with van der Waals surface area (Å²) in [5.74, 6) is 0. The van der Waals surface area contributed by atoms with E-state index >= 15 is 0 Å². The van der Waals surface area contributed by atoms with Gasteiger partial charge in [-0.25, -0.2) is 0 Å². The third-order valence-corrected chi connectivity index (χ3v) is 3.17. The van der Waals surface area contributed by atoms with Gasteiger partial charge in [-0.15, -0.1) is 0 Å². The molecule has 2 heteroatoms. The summed E-state index contributed by atoms with van der Waals surface area (Å²) in [5, 5.41) is 4.61. The lowest BCUT2D eigenvalue weighted by Gasteiger charge is -2.01. The first-order valence-corrected chi connectivity index (χ1v) is 6.07. The van der Waals surface area contributed by atoms with Crippen LogP contribution in [0.3, 0.4) is 0 Å². The third-order valence-electron chi connectivity index (χ3n) is 3.17. The van der Waals surface area contributed by atoms with Crippen molar-refractivity contribution in [2.24, 2.45) is 0 Å². The van der Waals surface area contributed by atoms with Gasteiger partial charge in [0.2, 0.25) is 0 Å². The van der Waals surface area contributed by atoms with Gasteiger partial charge in [-0.1, -0.05) is 19.9 Å². The second-order valence-electron chi connectivity index (χ2n) is 4.20. The van der Waals surface area contributed by atoms with Crippen molar-refractivity contribution in [2.75, 3.05) is 7.05 Å². The van der Waals surface area contributed by atoms with Crippen molar-refractivity contribution in [3.63, 3.8) is 0 Å².